The van der Waals surface area contributed by atoms with Gasteiger partial charge < -0.3 is 4.74 Å². The first kappa shape index (κ1) is 38.8. The molecule has 1 nitrogen and oxygen atoms in total. The summed E-state index contributed by atoms with van der Waals surface area (Å²) in [7, 11) is 0. The van der Waals surface area contributed by atoms with Crippen LogP contribution in [0, 0.1) is 17.6 Å². The van der Waals surface area contributed by atoms with Crippen LogP contribution >= 0.6 is 22.6 Å². The second kappa shape index (κ2) is 23.3. The van der Waals surface area contributed by atoms with Crippen LogP contribution in [0.2, 0.25) is 0 Å². The fraction of sp³-hybridized carbons (Fsp3) is 0.448. The third-order valence-corrected chi connectivity index (χ3v) is 6.13. The van der Waals surface area contributed by atoms with Crippen molar-refractivity contribution in [1.29, 1.82) is 0 Å². The Morgan fingerprint density at radius 1 is 0.854 bits per heavy atom. The largest absolute Gasteiger partial charge is 0.463 e. The molecule has 2 aromatic rings. The van der Waals surface area contributed by atoms with Crippen molar-refractivity contribution >= 4 is 22.6 Å². The molecule has 1 aliphatic rings. The lowest BCUT2D eigenvalue weighted by Crippen LogP contribution is -2.14. The van der Waals surface area contributed by atoms with Gasteiger partial charge in [-0.05, 0) is 95.5 Å². The van der Waals surface area contributed by atoms with E-state index in [2.05, 4.69) is 6.92 Å². The molecule has 0 N–H and O–H groups in total. The molecule has 0 spiro atoms. The molecule has 12 heteroatoms. The Balaban J connectivity index is 0.00000103. The number of halogens is 11. The van der Waals surface area contributed by atoms with E-state index in [4.69, 9.17) is 4.74 Å². The molecule has 3 rings (SSSR count). The minimum Gasteiger partial charge on any atom is -0.463 e. The Morgan fingerprint density at radius 2 is 1.32 bits per heavy atom. The quantitative estimate of drug-likeness (QED) is 0.115. The zero-order chi connectivity index (χ0) is 31.2. The maximum atomic E-state index is 14.8. The van der Waals surface area contributed by atoms with Crippen molar-refractivity contribution in [3.63, 3.8) is 0 Å². The standard InChI is InChI=1S/C24H29F3O.2C2HF3.CH2FI/c1-2-3-4-5-17-6-8-18(9-7-17)20-14-22(26)24(23(27)15-20)19-10-12-21(13-11-19)28-16-25;2*3-1-2(4)5;2-1-3/h10-15,17-18H,2-9,16H2,1H3;2*1H;1H2. The molecule has 1 fully saturated rings. The van der Waals surface area contributed by atoms with Gasteiger partial charge in [0, 0.05) is 0 Å². The monoisotopic (exact) mass is 714 g/mol. The van der Waals surface area contributed by atoms with Crippen LogP contribution in [0.4, 0.5) is 43.9 Å². The predicted octanol–water partition coefficient (Wildman–Crippen LogP) is 12.5. The lowest BCUT2D eigenvalue weighted by molar-refractivity contribution is 0.192. The molecule has 2 aromatic carbocycles. The number of alkyl halides is 3. The molecule has 0 amide bonds. The molecule has 0 bridgehead atoms. The van der Waals surface area contributed by atoms with Crippen LogP contribution in [0.15, 0.2) is 61.2 Å². The van der Waals surface area contributed by atoms with Crippen LogP contribution in [0.3, 0.4) is 0 Å². The molecule has 1 aliphatic carbocycles. The highest BCUT2D eigenvalue weighted by atomic mass is 127. The topological polar surface area (TPSA) is 9.23 Å². The molecular formula is C29H33F10IO. The summed E-state index contributed by atoms with van der Waals surface area (Å²) in [6.45, 7) is 1.29. The number of rotatable bonds is 8. The SMILES string of the molecule is CCCCCC1CCC(c2cc(F)c(-c3ccc(OCF)cc3)c(F)c2)CC1.FC=C(F)F.FC=C(F)F.FCI. The van der Waals surface area contributed by atoms with Crippen molar-refractivity contribution in [2.24, 2.45) is 5.92 Å². The molecule has 41 heavy (non-hydrogen) atoms. The number of hydrogen-bond donors (Lipinski definition) is 0. The van der Waals surface area contributed by atoms with Gasteiger partial charge in [0.2, 0.25) is 6.86 Å². The first-order valence-corrected chi connectivity index (χ1v) is 14.2. The summed E-state index contributed by atoms with van der Waals surface area (Å²) in [4.78, 5) is 0. The highest BCUT2D eigenvalue weighted by Crippen LogP contribution is 2.39. The van der Waals surface area contributed by atoms with Gasteiger partial charge in [-0.1, -0.05) is 44.7 Å². The second-order valence-electron chi connectivity index (χ2n) is 8.75. The lowest BCUT2D eigenvalue weighted by atomic mass is 9.77. The molecule has 0 saturated heterocycles. The average molecular weight is 714 g/mol. The maximum absolute atomic E-state index is 14.8. The summed E-state index contributed by atoms with van der Waals surface area (Å²) in [5, 5.41) is 0. The van der Waals surface area contributed by atoms with Gasteiger partial charge in [-0.2, -0.15) is 17.6 Å². The summed E-state index contributed by atoms with van der Waals surface area (Å²) >= 11 is 1.62. The van der Waals surface area contributed by atoms with Gasteiger partial charge in [-0.3, -0.25) is 0 Å². The highest BCUT2D eigenvalue weighted by molar-refractivity contribution is 14.1. The summed E-state index contributed by atoms with van der Waals surface area (Å²) in [5.41, 5.74) is 1.15. The lowest BCUT2D eigenvalue weighted by Gasteiger charge is -2.29. The van der Waals surface area contributed by atoms with Crippen molar-refractivity contribution in [2.75, 3.05) is 11.5 Å². The van der Waals surface area contributed by atoms with Gasteiger partial charge in [-0.25, -0.2) is 26.3 Å². The fourth-order valence-corrected chi connectivity index (χ4v) is 4.35. The average Bonchev–Trinajstić information content (AvgIpc) is 2.95. The van der Waals surface area contributed by atoms with Crippen LogP contribution in [0.5, 0.6) is 5.75 Å². The second-order valence-corrected chi connectivity index (χ2v) is 9.33. The van der Waals surface area contributed by atoms with Crippen LogP contribution in [0.25, 0.3) is 11.1 Å². The highest BCUT2D eigenvalue weighted by Gasteiger charge is 2.24. The van der Waals surface area contributed by atoms with Crippen LogP contribution < -0.4 is 4.74 Å². The Morgan fingerprint density at radius 3 is 1.71 bits per heavy atom. The number of hydrogen-bond acceptors (Lipinski definition) is 1. The van der Waals surface area contributed by atoms with E-state index < -0.39 is 43.3 Å². The van der Waals surface area contributed by atoms with E-state index in [-0.39, 0.29) is 16.2 Å². The van der Waals surface area contributed by atoms with Gasteiger partial charge >= 0.3 is 0 Å². The Hall–Kier alpha value is -2.25. The summed E-state index contributed by atoms with van der Waals surface area (Å²) in [6, 6.07) is 9.11. The fourth-order valence-electron chi connectivity index (χ4n) is 4.35. The molecule has 0 unspecified atom stereocenters. The van der Waals surface area contributed by atoms with Crippen LogP contribution in [-0.2, 0) is 0 Å². The first-order valence-electron chi connectivity index (χ1n) is 12.7. The number of unbranched alkanes of at least 4 members (excludes halogenated alkanes) is 2. The van der Waals surface area contributed by atoms with E-state index in [0.717, 1.165) is 37.2 Å². The smallest absolute Gasteiger partial charge is 0.298 e. The molecular weight excluding hydrogens is 681 g/mol. The third kappa shape index (κ3) is 16.7. The van der Waals surface area contributed by atoms with E-state index in [1.165, 1.54) is 49.9 Å². The Kier molecular flexibility index (Phi) is 22.0. The van der Waals surface area contributed by atoms with Gasteiger partial charge in [-0.15, -0.1) is 0 Å². The Bertz CT molecular complexity index is 976. The summed E-state index contributed by atoms with van der Waals surface area (Å²) in [6.07, 6.45) is 3.34. The molecule has 0 heterocycles. The minimum atomic E-state index is -2.29. The maximum Gasteiger partial charge on any atom is 0.298 e. The van der Waals surface area contributed by atoms with Crippen LogP contribution in [-0.4, -0.2) is 11.5 Å². The van der Waals surface area contributed by atoms with Gasteiger partial charge in [0.1, 0.15) is 22.1 Å². The molecule has 0 radical (unpaired) electrons. The molecule has 0 aromatic heterocycles. The van der Waals surface area contributed by atoms with E-state index in [9.17, 15) is 43.9 Å². The van der Waals surface area contributed by atoms with Crippen molar-refractivity contribution in [1.82, 2.24) is 0 Å². The van der Waals surface area contributed by atoms with Crippen molar-refractivity contribution in [3.05, 3.63) is 78.4 Å². The summed E-state index contributed by atoms with van der Waals surface area (Å²) in [5.74, 6) is 0.250. The van der Waals surface area contributed by atoms with Crippen LogP contribution in [0.1, 0.15) is 69.8 Å². The molecule has 0 atom stereocenters. The molecule has 0 aliphatic heterocycles. The van der Waals surface area contributed by atoms with Gasteiger partial charge in [0.15, 0.2) is 12.7 Å². The Labute approximate surface area is 247 Å². The van der Waals surface area contributed by atoms with Gasteiger partial charge in [0.05, 0.1) is 5.56 Å². The van der Waals surface area contributed by atoms with Gasteiger partial charge in [0.25, 0.3) is 12.2 Å². The number of benzene rings is 2. The molecule has 1 saturated carbocycles. The van der Waals surface area contributed by atoms with Crippen molar-refractivity contribution in [2.45, 2.75) is 64.2 Å². The molecule has 232 valence electrons. The van der Waals surface area contributed by atoms with Crippen molar-refractivity contribution in [3.8, 4) is 16.9 Å². The van der Waals surface area contributed by atoms with Crippen molar-refractivity contribution < 1.29 is 48.6 Å². The first-order chi connectivity index (χ1) is 19.6. The minimum absolute atomic E-state index is 0.0381. The summed E-state index contributed by atoms with van der Waals surface area (Å²) < 4.78 is 118. The predicted molar refractivity (Wildman–Crippen MR) is 150 cm³/mol. The van der Waals surface area contributed by atoms with E-state index in [1.807, 2.05) is 0 Å². The number of ether oxygens (including phenoxy) is 1. The zero-order valence-electron chi connectivity index (χ0n) is 22.4. The van der Waals surface area contributed by atoms with E-state index in [1.54, 1.807) is 34.7 Å². The third-order valence-electron chi connectivity index (χ3n) is 6.13. The zero-order valence-corrected chi connectivity index (χ0v) is 24.6. The normalized spacial score (nSPS) is 15.5. The van der Waals surface area contributed by atoms with E-state index in [0.29, 0.717) is 11.3 Å². The van der Waals surface area contributed by atoms with E-state index >= 15 is 0 Å².